The molecule has 0 aromatic heterocycles. The van der Waals surface area contributed by atoms with Gasteiger partial charge in [0.2, 0.25) is 0 Å². The molecule has 0 atom stereocenters. The van der Waals surface area contributed by atoms with Gasteiger partial charge in [-0.25, -0.2) is 4.79 Å². The van der Waals surface area contributed by atoms with Gasteiger partial charge in [0.05, 0.1) is 6.07 Å². The normalized spacial score (nSPS) is 28.9. The molecule has 0 radical (unpaired) electrons. The number of carbonyl (C=O) groups is 1. The zero-order chi connectivity index (χ0) is 8.97. The van der Waals surface area contributed by atoms with Gasteiger partial charge < -0.3 is 10.5 Å². The summed E-state index contributed by atoms with van der Waals surface area (Å²) in [6.45, 7) is 0. The first kappa shape index (κ1) is 8.85. The van der Waals surface area contributed by atoms with Crippen LogP contribution >= 0.6 is 0 Å². The van der Waals surface area contributed by atoms with Crippen molar-refractivity contribution in [3.05, 3.63) is 0 Å². The number of nitrogens with two attached hydrogens (primary N) is 1. The molecule has 0 aromatic rings. The summed E-state index contributed by atoms with van der Waals surface area (Å²) in [4.78, 5) is 10.4. The van der Waals surface area contributed by atoms with Crippen LogP contribution < -0.4 is 5.73 Å². The second kappa shape index (κ2) is 3.96. The molecule has 1 rings (SSSR count). The molecule has 1 amide bonds. The first-order valence-electron chi connectivity index (χ1n) is 4.08. The SMILES string of the molecule is N#CC1CCC(OC(N)=O)CC1. The number of hydrogen-bond donors (Lipinski definition) is 1. The number of rotatable bonds is 1. The first-order chi connectivity index (χ1) is 5.72. The summed E-state index contributed by atoms with van der Waals surface area (Å²) in [5.74, 6) is 0.137. The van der Waals surface area contributed by atoms with E-state index < -0.39 is 6.09 Å². The van der Waals surface area contributed by atoms with E-state index in [2.05, 4.69) is 6.07 Å². The largest absolute Gasteiger partial charge is 0.446 e. The molecule has 0 aliphatic heterocycles. The molecule has 4 nitrogen and oxygen atoms in total. The summed E-state index contributed by atoms with van der Waals surface area (Å²) in [6.07, 6.45) is 2.38. The van der Waals surface area contributed by atoms with Crippen LogP contribution in [-0.4, -0.2) is 12.2 Å². The Bertz CT molecular complexity index is 202. The lowest BCUT2D eigenvalue weighted by molar-refractivity contribution is 0.0768. The topological polar surface area (TPSA) is 76.1 Å². The third kappa shape index (κ3) is 2.42. The fraction of sp³-hybridized carbons (Fsp3) is 0.750. The van der Waals surface area contributed by atoms with Gasteiger partial charge in [0.1, 0.15) is 6.10 Å². The summed E-state index contributed by atoms with van der Waals surface area (Å²) in [5.41, 5.74) is 4.86. The number of ether oxygens (including phenoxy) is 1. The van der Waals surface area contributed by atoms with Crippen molar-refractivity contribution in [1.82, 2.24) is 0 Å². The molecule has 0 unspecified atom stereocenters. The molecule has 1 saturated carbocycles. The van der Waals surface area contributed by atoms with Crippen LogP contribution in [0.2, 0.25) is 0 Å². The lowest BCUT2D eigenvalue weighted by atomic mass is 9.88. The standard InChI is InChI=1S/C8H12N2O2/c9-5-6-1-3-7(4-2-6)12-8(10)11/h6-7H,1-4H2,(H2,10,11). The highest BCUT2D eigenvalue weighted by Gasteiger charge is 2.22. The van der Waals surface area contributed by atoms with E-state index in [1.807, 2.05) is 0 Å². The highest BCUT2D eigenvalue weighted by Crippen LogP contribution is 2.25. The lowest BCUT2D eigenvalue weighted by Gasteiger charge is -2.23. The second-order valence-electron chi connectivity index (χ2n) is 3.04. The Morgan fingerprint density at radius 1 is 1.42 bits per heavy atom. The van der Waals surface area contributed by atoms with Crippen molar-refractivity contribution in [1.29, 1.82) is 5.26 Å². The average Bonchev–Trinajstić information content (AvgIpc) is 2.05. The van der Waals surface area contributed by atoms with Crippen LogP contribution in [0.25, 0.3) is 0 Å². The molecule has 2 N–H and O–H groups in total. The molecule has 0 saturated heterocycles. The predicted molar refractivity (Wildman–Crippen MR) is 42.0 cm³/mol. The van der Waals surface area contributed by atoms with Crippen molar-refractivity contribution in [2.45, 2.75) is 31.8 Å². The Labute approximate surface area is 71.3 Å². The molecule has 1 aliphatic rings. The Kier molecular flexibility index (Phi) is 2.92. The minimum absolute atomic E-state index is 0.0629. The van der Waals surface area contributed by atoms with Crippen molar-refractivity contribution in [3.63, 3.8) is 0 Å². The van der Waals surface area contributed by atoms with E-state index in [4.69, 9.17) is 15.7 Å². The molecule has 1 fully saturated rings. The van der Waals surface area contributed by atoms with Crippen LogP contribution in [0, 0.1) is 17.2 Å². The molecule has 12 heavy (non-hydrogen) atoms. The highest BCUT2D eigenvalue weighted by molar-refractivity contribution is 5.64. The zero-order valence-corrected chi connectivity index (χ0v) is 6.82. The minimum Gasteiger partial charge on any atom is -0.446 e. The fourth-order valence-corrected chi connectivity index (χ4v) is 1.47. The van der Waals surface area contributed by atoms with E-state index in [1.54, 1.807) is 0 Å². The monoisotopic (exact) mass is 168 g/mol. The van der Waals surface area contributed by atoms with E-state index in [0.717, 1.165) is 25.7 Å². The summed E-state index contributed by atoms with van der Waals surface area (Å²) >= 11 is 0. The van der Waals surface area contributed by atoms with Gasteiger partial charge in [0.15, 0.2) is 0 Å². The van der Waals surface area contributed by atoms with E-state index in [0.29, 0.717) is 0 Å². The molecule has 0 spiro atoms. The van der Waals surface area contributed by atoms with Gasteiger partial charge in [0.25, 0.3) is 0 Å². The first-order valence-corrected chi connectivity index (χ1v) is 4.08. The van der Waals surface area contributed by atoms with Crippen LogP contribution in [0.4, 0.5) is 4.79 Å². The van der Waals surface area contributed by atoms with Crippen molar-refractivity contribution in [2.24, 2.45) is 11.7 Å². The maximum atomic E-state index is 10.4. The van der Waals surface area contributed by atoms with Crippen molar-refractivity contribution >= 4 is 6.09 Å². The number of amides is 1. The summed E-state index contributed by atoms with van der Waals surface area (Å²) in [5, 5.41) is 8.58. The number of primary amides is 1. The Hall–Kier alpha value is -1.24. The number of hydrogen-bond acceptors (Lipinski definition) is 3. The summed E-state index contributed by atoms with van der Waals surface area (Å²) < 4.78 is 4.81. The molecule has 4 heteroatoms. The number of nitriles is 1. The molecular weight excluding hydrogens is 156 g/mol. The summed E-state index contributed by atoms with van der Waals surface area (Å²) in [6, 6.07) is 2.21. The van der Waals surface area contributed by atoms with E-state index in [-0.39, 0.29) is 12.0 Å². The van der Waals surface area contributed by atoms with E-state index in [9.17, 15) is 4.79 Å². The zero-order valence-electron chi connectivity index (χ0n) is 6.82. The second-order valence-corrected chi connectivity index (χ2v) is 3.04. The van der Waals surface area contributed by atoms with Gasteiger partial charge in [-0.3, -0.25) is 0 Å². The van der Waals surface area contributed by atoms with E-state index in [1.165, 1.54) is 0 Å². The van der Waals surface area contributed by atoms with Crippen LogP contribution in [0.15, 0.2) is 0 Å². The maximum Gasteiger partial charge on any atom is 0.404 e. The van der Waals surface area contributed by atoms with Gasteiger partial charge in [-0.15, -0.1) is 0 Å². The molecule has 1 aliphatic carbocycles. The molecule has 0 aromatic carbocycles. The smallest absolute Gasteiger partial charge is 0.404 e. The van der Waals surface area contributed by atoms with E-state index >= 15 is 0 Å². The molecular formula is C8H12N2O2. The lowest BCUT2D eigenvalue weighted by Crippen LogP contribution is -2.26. The molecule has 0 heterocycles. The van der Waals surface area contributed by atoms with Crippen molar-refractivity contribution < 1.29 is 9.53 Å². The summed E-state index contributed by atoms with van der Waals surface area (Å²) in [7, 11) is 0. The predicted octanol–water partition coefficient (Wildman–Crippen LogP) is 1.16. The minimum atomic E-state index is -0.713. The third-order valence-corrected chi connectivity index (χ3v) is 2.14. The fourth-order valence-electron chi connectivity index (χ4n) is 1.47. The van der Waals surface area contributed by atoms with Gasteiger partial charge in [-0.1, -0.05) is 0 Å². The molecule has 0 bridgehead atoms. The molecule has 66 valence electrons. The van der Waals surface area contributed by atoms with Gasteiger partial charge in [-0.05, 0) is 25.7 Å². The van der Waals surface area contributed by atoms with Crippen LogP contribution in [-0.2, 0) is 4.74 Å². The highest BCUT2D eigenvalue weighted by atomic mass is 16.6. The third-order valence-electron chi connectivity index (χ3n) is 2.14. The van der Waals surface area contributed by atoms with Crippen molar-refractivity contribution in [2.75, 3.05) is 0 Å². The quantitative estimate of drug-likeness (QED) is 0.638. The van der Waals surface area contributed by atoms with Crippen molar-refractivity contribution in [3.8, 4) is 6.07 Å². The number of carbonyl (C=O) groups excluding carboxylic acids is 1. The Morgan fingerprint density at radius 3 is 2.42 bits per heavy atom. The van der Waals surface area contributed by atoms with Crippen LogP contribution in [0.5, 0.6) is 0 Å². The Morgan fingerprint density at radius 2 is 2.00 bits per heavy atom. The Balaban J connectivity index is 2.27. The van der Waals surface area contributed by atoms with Gasteiger partial charge >= 0.3 is 6.09 Å². The van der Waals surface area contributed by atoms with Gasteiger partial charge in [-0.2, -0.15) is 5.26 Å². The number of nitrogens with zero attached hydrogens (tertiary/aromatic N) is 1. The van der Waals surface area contributed by atoms with Gasteiger partial charge in [0, 0.05) is 5.92 Å². The van der Waals surface area contributed by atoms with Crippen LogP contribution in [0.3, 0.4) is 0 Å². The average molecular weight is 168 g/mol. The van der Waals surface area contributed by atoms with Crippen LogP contribution in [0.1, 0.15) is 25.7 Å². The maximum absolute atomic E-state index is 10.4.